The molecular weight excluding hydrogens is 569 g/mol. The first-order valence-corrected chi connectivity index (χ1v) is 15.5. The van der Waals surface area contributed by atoms with Gasteiger partial charge in [-0.2, -0.15) is 0 Å². The zero-order valence-corrected chi connectivity index (χ0v) is 24.7. The Hall–Kier alpha value is -6.18. The fourth-order valence-electron chi connectivity index (χ4n) is 7.50. The zero-order valence-electron chi connectivity index (χ0n) is 33.7. The number of hydrogen-bond acceptors (Lipinski definition) is 1. The van der Waals surface area contributed by atoms with Crippen LogP contribution in [0.2, 0.25) is 0 Å². The minimum Gasteiger partial charge on any atom is -0.456 e. The first kappa shape index (κ1) is 18.1. The molecule has 1 nitrogen and oxygen atoms in total. The molecule has 1 heterocycles. The molecule has 0 N–H and O–H groups in total. The highest BCUT2D eigenvalue weighted by atomic mass is 16.5. The summed E-state index contributed by atoms with van der Waals surface area (Å²) in [5.41, 5.74) is 4.64. The lowest BCUT2D eigenvalue weighted by Crippen LogP contribution is -1.98. The van der Waals surface area contributed by atoms with E-state index < -0.39 is 24.2 Å². The number of fused-ring (bicyclic) bond motifs is 5. The van der Waals surface area contributed by atoms with E-state index in [1.54, 1.807) is 0 Å². The molecule has 0 radical (unpaired) electrons. The Morgan fingerprint density at radius 2 is 1.09 bits per heavy atom. The fraction of sp³-hybridized carbons (Fsp3) is 0. The Labute approximate surface area is 283 Å². The summed E-state index contributed by atoms with van der Waals surface area (Å²) in [6.07, 6.45) is 0. The summed E-state index contributed by atoms with van der Waals surface area (Å²) in [7, 11) is 0. The van der Waals surface area contributed by atoms with Crippen LogP contribution in [0.1, 0.15) is 12.3 Å². The lowest BCUT2D eigenvalue weighted by atomic mass is 9.88. The van der Waals surface area contributed by atoms with Crippen LogP contribution < -0.4 is 4.74 Å². The molecule has 1 aliphatic heterocycles. The Bertz CT molecular complexity index is 3420. The summed E-state index contributed by atoms with van der Waals surface area (Å²) in [6.45, 7) is 0. The molecule has 1 heteroatoms. The SMILES string of the molecule is [2H]c1c([2H])c2c([2H])c([2H])c3c([2H])c([2H])c(-c4ccc5cccc(-c6ccc7c(c6)-c6cccc8c6c(cc6ccccc68)O7)c5c4)c4c([2H])c([2H])c(c1[2H])c2c34. The third kappa shape index (κ3) is 3.49. The average Bonchev–Trinajstić information content (AvgIpc) is 3.21. The second kappa shape index (κ2) is 9.19. The molecule has 0 bridgehead atoms. The van der Waals surface area contributed by atoms with Crippen molar-refractivity contribution < 1.29 is 17.1 Å². The molecule has 0 aliphatic carbocycles. The van der Waals surface area contributed by atoms with E-state index >= 15 is 0 Å². The lowest BCUT2D eigenvalue weighted by Gasteiger charge is -2.23. The monoisotopic (exact) mass is 603 g/mol. The van der Waals surface area contributed by atoms with Crippen molar-refractivity contribution in [2.75, 3.05) is 0 Å². The van der Waals surface area contributed by atoms with E-state index in [2.05, 4.69) is 42.5 Å². The van der Waals surface area contributed by atoms with Crippen molar-refractivity contribution in [3.63, 3.8) is 0 Å². The van der Waals surface area contributed by atoms with Crippen LogP contribution in [0, 0.1) is 0 Å². The van der Waals surface area contributed by atoms with Gasteiger partial charge in [-0.25, -0.2) is 0 Å². The van der Waals surface area contributed by atoms with E-state index in [-0.39, 0.29) is 68.1 Å². The molecule has 0 atom stereocenters. The summed E-state index contributed by atoms with van der Waals surface area (Å²) in [4.78, 5) is 0. The van der Waals surface area contributed by atoms with Crippen molar-refractivity contribution in [3.8, 4) is 44.9 Å². The molecule has 0 unspecified atom stereocenters. The van der Waals surface area contributed by atoms with Crippen LogP contribution >= 0.6 is 0 Å². The molecule has 0 saturated carbocycles. The quantitative estimate of drug-likeness (QED) is 0.179. The molecular formula is C46H26O. The molecule has 0 spiro atoms. The Kier molecular flexibility index (Phi) is 3.54. The number of hydrogen-bond donors (Lipinski definition) is 0. The van der Waals surface area contributed by atoms with Crippen LogP contribution in [-0.4, -0.2) is 0 Å². The topological polar surface area (TPSA) is 9.23 Å². The molecule has 0 fully saturated rings. The third-order valence-corrected chi connectivity index (χ3v) is 9.63. The molecule has 11 rings (SSSR count). The van der Waals surface area contributed by atoms with Gasteiger partial charge < -0.3 is 4.74 Å². The van der Waals surface area contributed by atoms with E-state index in [9.17, 15) is 2.74 Å². The maximum Gasteiger partial charge on any atom is 0.136 e. The van der Waals surface area contributed by atoms with E-state index in [1.807, 2.05) is 60.7 Å². The average molecular weight is 604 g/mol. The standard InChI is InChI=1S/C46H26O/c1-2-10-34-31(6-1)26-43-46-37(34)12-5-13-38(46)41-25-33(20-23-42(41)47-43)35-11-4-7-27-14-17-32(24-40(27)35)36-21-18-30-16-15-28-8-3-9-29-19-22-39(36)45(30)44(28)29/h1-26H/i3D,8D,9D,15D,16D,18D,19D,21D,22D. The summed E-state index contributed by atoms with van der Waals surface area (Å²) in [5.74, 6) is 1.57. The number of ether oxygens (including phenoxy) is 1. The first-order chi connectivity index (χ1) is 27.0. The highest BCUT2D eigenvalue weighted by molar-refractivity contribution is 6.25. The van der Waals surface area contributed by atoms with Crippen LogP contribution in [0.25, 0.3) is 98.0 Å². The summed E-state index contributed by atoms with van der Waals surface area (Å²) < 4.78 is 86.8. The number of benzene rings is 10. The van der Waals surface area contributed by atoms with Crippen molar-refractivity contribution in [2.24, 2.45) is 0 Å². The number of rotatable bonds is 2. The van der Waals surface area contributed by atoms with Crippen LogP contribution in [-0.2, 0) is 0 Å². The first-order valence-electron chi connectivity index (χ1n) is 20.0. The zero-order chi connectivity index (χ0) is 38.5. The van der Waals surface area contributed by atoms with Crippen molar-refractivity contribution in [1.29, 1.82) is 0 Å². The maximum atomic E-state index is 9.31. The lowest BCUT2D eigenvalue weighted by molar-refractivity contribution is 0.488. The van der Waals surface area contributed by atoms with Crippen LogP contribution in [0.5, 0.6) is 11.5 Å². The van der Waals surface area contributed by atoms with Crippen molar-refractivity contribution in [2.45, 2.75) is 0 Å². The summed E-state index contributed by atoms with van der Waals surface area (Å²) in [5, 5.41) is 6.54. The van der Waals surface area contributed by atoms with E-state index in [0.717, 1.165) is 66.1 Å². The minimum absolute atomic E-state index is 0.0383. The molecule has 10 aromatic rings. The second-order valence-corrected chi connectivity index (χ2v) is 12.1. The molecule has 1 aliphatic rings. The normalized spacial score (nSPS) is 15.1. The van der Waals surface area contributed by atoms with E-state index in [4.69, 9.17) is 14.3 Å². The molecule has 216 valence electrons. The van der Waals surface area contributed by atoms with Gasteiger partial charge in [0.2, 0.25) is 0 Å². The van der Waals surface area contributed by atoms with Crippen molar-refractivity contribution in [1.82, 2.24) is 0 Å². The molecule has 47 heavy (non-hydrogen) atoms. The molecule has 0 aromatic heterocycles. The third-order valence-electron chi connectivity index (χ3n) is 9.63. The van der Waals surface area contributed by atoms with Gasteiger partial charge in [0.15, 0.2) is 0 Å². The minimum atomic E-state index is -0.491. The van der Waals surface area contributed by atoms with Crippen molar-refractivity contribution in [3.05, 3.63) is 158 Å². The van der Waals surface area contributed by atoms with Gasteiger partial charge in [0, 0.05) is 10.9 Å². The van der Waals surface area contributed by atoms with Gasteiger partial charge in [0.25, 0.3) is 0 Å². The van der Waals surface area contributed by atoms with Crippen LogP contribution in [0.15, 0.2) is 158 Å². The second-order valence-electron chi connectivity index (χ2n) is 12.1. The smallest absolute Gasteiger partial charge is 0.136 e. The van der Waals surface area contributed by atoms with E-state index in [0.29, 0.717) is 5.56 Å². The Morgan fingerprint density at radius 3 is 2.02 bits per heavy atom. The summed E-state index contributed by atoms with van der Waals surface area (Å²) in [6, 6.07) is 31.2. The Balaban J connectivity index is 1.17. The van der Waals surface area contributed by atoms with E-state index in [1.165, 1.54) is 0 Å². The van der Waals surface area contributed by atoms with Crippen LogP contribution in [0.4, 0.5) is 0 Å². The van der Waals surface area contributed by atoms with Gasteiger partial charge in [-0.3, -0.25) is 0 Å². The van der Waals surface area contributed by atoms with Crippen LogP contribution in [0.3, 0.4) is 0 Å². The van der Waals surface area contributed by atoms with Crippen molar-refractivity contribution >= 4 is 64.6 Å². The van der Waals surface area contributed by atoms with Gasteiger partial charge in [-0.05, 0) is 111 Å². The molecule has 10 aromatic carbocycles. The Morgan fingerprint density at radius 1 is 0.362 bits per heavy atom. The fourth-order valence-corrected chi connectivity index (χ4v) is 7.50. The summed E-state index contributed by atoms with van der Waals surface area (Å²) >= 11 is 0. The van der Waals surface area contributed by atoms with Gasteiger partial charge in [-0.1, -0.05) is 133 Å². The predicted molar refractivity (Wildman–Crippen MR) is 199 cm³/mol. The molecule has 0 saturated heterocycles. The van der Waals surface area contributed by atoms with Gasteiger partial charge in [-0.15, -0.1) is 0 Å². The maximum absolute atomic E-state index is 9.31. The van der Waals surface area contributed by atoms with Gasteiger partial charge in [0.05, 0.1) is 12.3 Å². The highest BCUT2D eigenvalue weighted by Crippen LogP contribution is 2.50. The van der Waals surface area contributed by atoms with Gasteiger partial charge >= 0.3 is 0 Å². The predicted octanol–water partition coefficient (Wildman–Crippen LogP) is 13.2. The van der Waals surface area contributed by atoms with Gasteiger partial charge in [0.1, 0.15) is 11.5 Å². The molecule has 0 amide bonds. The largest absolute Gasteiger partial charge is 0.456 e. The highest BCUT2D eigenvalue weighted by Gasteiger charge is 2.22.